The number of nitrogens with zero attached hydrogens (tertiary/aromatic N) is 1. The van der Waals surface area contributed by atoms with Crippen LogP contribution in [0.25, 0.3) is 11.3 Å². The molecule has 0 aliphatic carbocycles. The average molecular weight is 322 g/mol. The number of benzene rings is 2. The zero-order chi connectivity index (χ0) is 16.8. The summed E-state index contributed by atoms with van der Waals surface area (Å²) >= 11 is 0. The first-order valence-corrected chi connectivity index (χ1v) is 7.53. The molecule has 2 aromatic carbocycles. The lowest BCUT2D eigenvalue weighted by Crippen LogP contribution is -2.28. The molecule has 0 spiro atoms. The maximum atomic E-state index is 12.0. The van der Waals surface area contributed by atoms with Crippen molar-refractivity contribution in [3.8, 4) is 17.0 Å². The summed E-state index contributed by atoms with van der Waals surface area (Å²) in [4.78, 5) is 19.5. The summed E-state index contributed by atoms with van der Waals surface area (Å²) in [6, 6.07) is 16.8. The number of nitrogens with one attached hydrogen (secondary N) is 3. The van der Waals surface area contributed by atoms with Crippen molar-refractivity contribution in [2.24, 2.45) is 0 Å². The maximum absolute atomic E-state index is 12.0. The summed E-state index contributed by atoms with van der Waals surface area (Å²) in [6.07, 6.45) is 1.75. The highest BCUT2D eigenvalue weighted by atomic mass is 16.5. The number of carbonyl (C=O) groups is 1. The van der Waals surface area contributed by atoms with Gasteiger partial charge in [0.05, 0.1) is 31.2 Å². The molecule has 0 saturated heterocycles. The molecule has 6 nitrogen and oxygen atoms in total. The number of aromatic nitrogens is 2. The van der Waals surface area contributed by atoms with E-state index in [2.05, 4.69) is 20.6 Å². The predicted octanol–water partition coefficient (Wildman–Crippen LogP) is 3.41. The van der Waals surface area contributed by atoms with Gasteiger partial charge < -0.3 is 20.4 Å². The van der Waals surface area contributed by atoms with Crippen LogP contribution in [0, 0.1) is 0 Å². The van der Waals surface area contributed by atoms with Gasteiger partial charge in [-0.2, -0.15) is 0 Å². The summed E-state index contributed by atoms with van der Waals surface area (Å²) in [5, 5.41) is 5.52. The minimum atomic E-state index is -0.322. The fraction of sp³-hybridized carbons (Fsp3) is 0.111. The number of amides is 2. The van der Waals surface area contributed by atoms with E-state index < -0.39 is 0 Å². The zero-order valence-corrected chi connectivity index (χ0v) is 13.2. The van der Waals surface area contributed by atoms with Gasteiger partial charge in [0, 0.05) is 0 Å². The van der Waals surface area contributed by atoms with Gasteiger partial charge in [-0.25, -0.2) is 9.78 Å². The third-order valence-corrected chi connectivity index (χ3v) is 3.48. The molecule has 0 atom stereocenters. The van der Waals surface area contributed by atoms with Crippen molar-refractivity contribution in [2.75, 3.05) is 12.4 Å². The van der Waals surface area contributed by atoms with Crippen LogP contribution in [0.5, 0.6) is 5.75 Å². The van der Waals surface area contributed by atoms with E-state index in [4.69, 9.17) is 4.74 Å². The fourth-order valence-corrected chi connectivity index (χ4v) is 2.30. The van der Waals surface area contributed by atoms with Gasteiger partial charge in [0.1, 0.15) is 11.6 Å². The van der Waals surface area contributed by atoms with Crippen LogP contribution in [-0.2, 0) is 6.54 Å². The third kappa shape index (κ3) is 3.73. The Morgan fingerprint density at radius 1 is 1.12 bits per heavy atom. The van der Waals surface area contributed by atoms with Gasteiger partial charge in [0.15, 0.2) is 0 Å². The quantitative estimate of drug-likeness (QED) is 0.673. The first kappa shape index (κ1) is 15.6. The van der Waals surface area contributed by atoms with E-state index in [1.807, 2.05) is 42.5 Å². The number of H-pyrrole nitrogens is 1. The highest BCUT2D eigenvalue weighted by Gasteiger charge is 2.08. The van der Waals surface area contributed by atoms with Gasteiger partial charge in [-0.05, 0) is 17.7 Å². The number of hydrogen-bond acceptors (Lipinski definition) is 3. The van der Waals surface area contributed by atoms with Crippen molar-refractivity contribution < 1.29 is 9.53 Å². The Hall–Kier alpha value is -3.28. The minimum Gasteiger partial charge on any atom is -0.495 e. The number of methoxy groups -OCH3 is 1. The molecule has 24 heavy (non-hydrogen) atoms. The first-order chi connectivity index (χ1) is 11.8. The normalized spacial score (nSPS) is 10.2. The monoisotopic (exact) mass is 322 g/mol. The number of aromatic amines is 1. The standard InChI is InChI=1S/C18H18N4O2/c1-24-16-10-6-5-9-14(16)22-18(23)20-12-17-19-11-15(21-17)13-7-3-2-4-8-13/h2-11H,12H2,1H3,(H,19,21)(H2,20,22,23). The largest absolute Gasteiger partial charge is 0.495 e. The second-order valence-electron chi connectivity index (χ2n) is 5.12. The van der Waals surface area contributed by atoms with Gasteiger partial charge in [-0.3, -0.25) is 0 Å². The molecule has 0 aliphatic rings. The van der Waals surface area contributed by atoms with E-state index in [1.54, 1.807) is 25.4 Å². The summed E-state index contributed by atoms with van der Waals surface area (Å²) in [7, 11) is 1.56. The van der Waals surface area contributed by atoms with Crippen molar-refractivity contribution in [1.29, 1.82) is 0 Å². The lowest BCUT2D eigenvalue weighted by atomic mass is 10.2. The maximum Gasteiger partial charge on any atom is 0.319 e. The van der Waals surface area contributed by atoms with E-state index in [0.29, 0.717) is 23.8 Å². The van der Waals surface area contributed by atoms with Crippen LogP contribution in [0.2, 0.25) is 0 Å². The van der Waals surface area contributed by atoms with Crippen LogP contribution in [0.1, 0.15) is 5.82 Å². The topological polar surface area (TPSA) is 79.0 Å². The van der Waals surface area contributed by atoms with Crippen molar-refractivity contribution in [2.45, 2.75) is 6.54 Å². The van der Waals surface area contributed by atoms with Crippen molar-refractivity contribution in [3.05, 3.63) is 66.6 Å². The molecule has 3 N–H and O–H groups in total. The molecule has 0 unspecified atom stereocenters. The molecule has 122 valence electrons. The lowest BCUT2D eigenvalue weighted by molar-refractivity contribution is 0.251. The second kappa shape index (κ2) is 7.32. The number of ether oxygens (including phenoxy) is 1. The molecular weight excluding hydrogens is 304 g/mol. The molecule has 0 fully saturated rings. The van der Waals surface area contributed by atoms with E-state index in [0.717, 1.165) is 11.3 Å². The molecule has 0 aliphatic heterocycles. The Kier molecular flexibility index (Phi) is 4.76. The third-order valence-electron chi connectivity index (χ3n) is 3.48. The number of urea groups is 1. The Morgan fingerprint density at radius 2 is 1.88 bits per heavy atom. The molecule has 6 heteroatoms. The van der Waals surface area contributed by atoms with Crippen molar-refractivity contribution in [1.82, 2.24) is 15.3 Å². The summed E-state index contributed by atoms with van der Waals surface area (Å²) < 4.78 is 5.20. The number of rotatable bonds is 5. The van der Waals surface area contributed by atoms with Gasteiger partial charge in [0.25, 0.3) is 0 Å². The molecule has 3 aromatic rings. The van der Waals surface area contributed by atoms with Crippen LogP contribution in [0.3, 0.4) is 0 Å². The zero-order valence-electron chi connectivity index (χ0n) is 13.2. The number of imidazole rings is 1. The van der Waals surface area contributed by atoms with Gasteiger partial charge in [-0.1, -0.05) is 42.5 Å². The first-order valence-electron chi connectivity index (χ1n) is 7.53. The Morgan fingerprint density at radius 3 is 2.67 bits per heavy atom. The molecule has 0 radical (unpaired) electrons. The Balaban J connectivity index is 1.58. The number of carbonyl (C=O) groups excluding carboxylic acids is 1. The smallest absolute Gasteiger partial charge is 0.319 e. The Labute approximate surface area is 139 Å². The van der Waals surface area contributed by atoms with Gasteiger partial charge in [0.2, 0.25) is 0 Å². The van der Waals surface area contributed by atoms with E-state index in [1.165, 1.54) is 0 Å². The average Bonchev–Trinajstić information content (AvgIpc) is 3.10. The molecule has 1 heterocycles. The summed E-state index contributed by atoms with van der Waals surface area (Å²) in [6.45, 7) is 0.299. The number of anilines is 1. The molecule has 2 amide bonds. The second-order valence-corrected chi connectivity index (χ2v) is 5.12. The highest BCUT2D eigenvalue weighted by molar-refractivity contribution is 5.90. The summed E-state index contributed by atoms with van der Waals surface area (Å²) in [5.74, 6) is 1.29. The van der Waals surface area contributed by atoms with E-state index >= 15 is 0 Å². The minimum absolute atomic E-state index is 0.299. The molecular formula is C18H18N4O2. The SMILES string of the molecule is COc1ccccc1NC(=O)NCc1ncc(-c2ccccc2)[nH]1. The lowest BCUT2D eigenvalue weighted by Gasteiger charge is -2.10. The van der Waals surface area contributed by atoms with Crippen LogP contribution in [0.4, 0.5) is 10.5 Å². The van der Waals surface area contributed by atoms with Crippen LogP contribution in [-0.4, -0.2) is 23.1 Å². The van der Waals surface area contributed by atoms with Crippen LogP contribution >= 0.6 is 0 Å². The molecule has 3 rings (SSSR count). The number of para-hydroxylation sites is 2. The highest BCUT2D eigenvalue weighted by Crippen LogP contribution is 2.22. The van der Waals surface area contributed by atoms with Crippen LogP contribution < -0.4 is 15.4 Å². The van der Waals surface area contributed by atoms with Crippen LogP contribution in [0.15, 0.2) is 60.8 Å². The van der Waals surface area contributed by atoms with E-state index in [9.17, 15) is 4.79 Å². The van der Waals surface area contributed by atoms with Gasteiger partial charge in [-0.15, -0.1) is 0 Å². The summed E-state index contributed by atoms with van der Waals surface area (Å²) in [5.41, 5.74) is 2.58. The fourth-order valence-electron chi connectivity index (χ4n) is 2.30. The van der Waals surface area contributed by atoms with Crippen molar-refractivity contribution in [3.63, 3.8) is 0 Å². The number of hydrogen-bond donors (Lipinski definition) is 3. The predicted molar refractivity (Wildman–Crippen MR) is 92.9 cm³/mol. The van der Waals surface area contributed by atoms with Crippen molar-refractivity contribution >= 4 is 11.7 Å². The Bertz CT molecular complexity index is 815. The molecule has 0 bridgehead atoms. The molecule has 0 saturated carbocycles. The van der Waals surface area contributed by atoms with Gasteiger partial charge >= 0.3 is 6.03 Å². The molecule has 1 aromatic heterocycles. The van der Waals surface area contributed by atoms with E-state index in [-0.39, 0.29) is 6.03 Å².